The molecule has 2 aromatic carbocycles. The van der Waals surface area contributed by atoms with Crippen LogP contribution in [0, 0.1) is 11.8 Å². The van der Waals surface area contributed by atoms with Crippen LogP contribution in [0.1, 0.15) is 134 Å². The summed E-state index contributed by atoms with van der Waals surface area (Å²) in [5.74, 6) is 4.26. The molecule has 0 radical (unpaired) electrons. The van der Waals surface area contributed by atoms with Crippen molar-refractivity contribution in [3.05, 3.63) is 58.7 Å². The third kappa shape index (κ3) is 8.04. The number of hydrogen-bond acceptors (Lipinski definition) is 6. The zero-order valence-electron chi connectivity index (χ0n) is 31.6. The van der Waals surface area contributed by atoms with E-state index in [4.69, 9.17) is 13.9 Å². The Morgan fingerprint density at radius 1 is 0.796 bits per heavy atom. The van der Waals surface area contributed by atoms with Crippen LogP contribution < -0.4 is 9.47 Å². The maximum absolute atomic E-state index is 11.3. The summed E-state index contributed by atoms with van der Waals surface area (Å²) in [5.41, 5.74) is 5.12. The Kier molecular flexibility index (Phi) is 11.9. The SMILES string of the molecule is CC[C@@H]1[C@H]2c3cccc(CCCC(C)=O)c3O[C@H]2C[C@H]1O.CC[C@@H]1[C@H]2c3cccc(CCCC(C)=O)c3O[C@H]2C[C@H]1O[Si](C)(C)C(C)(C)C. The topological polar surface area (TPSA) is 82.1 Å². The molecule has 2 fully saturated rings. The number of ether oxygens (including phenoxy) is 2. The van der Waals surface area contributed by atoms with Gasteiger partial charge in [-0.2, -0.15) is 0 Å². The molecule has 270 valence electrons. The highest BCUT2D eigenvalue weighted by molar-refractivity contribution is 6.74. The number of fused-ring (bicyclic) bond motifs is 6. The van der Waals surface area contributed by atoms with Gasteiger partial charge in [-0.15, -0.1) is 0 Å². The molecule has 6 nitrogen and oxygen atoms in total. The first-order valence-electron chi connectivity index (χ1n) is 19.1. The first-order valence-corrected chi connectivity index (χ1v) is 22.0. The molecule has 0 bridgehead atoms. The first-order chi connectivity index (χ1) is 23.2. The lowest BCUT2D eigenvalue weighted by molar-refractivity contribution is -0.117. The molecule has 7 heteroatoms. The third-order valence-electron chi connectivity index (χ3n) is 12.3. The van der Waals surface area contributed by atoms with Crippen LogP contribution in [0.3, 0.4) is 0 Å². The molecule has 0 unspecified atom stereocenters. The zero-order chi connectivity index (χ0) is 35.7. The van der Waals surface area contributed by atoms with Gasteiger partial charge < -0.3 is 28.6 Å². The Morgan fingerprint density at radius 3 is 1.71 bits per heavy atom. The highest BCUT2D eigenvalue weighted by atomic mass is 28.4. The molecule has 6 rings (SSSR count). The summed E-state index contributed by atoms with van der Waals surface area (Å²) in [7, 11) is -1.79. The average molecular weight is 691 g/mol. The van der Waals surface area contributed by atoms with Gasteiger partial charge in [-0.05, 0) is 80.6 Å². The Hall–Kier alpha value is -2.48. The predicted octanol–water partition coefficient (Wildman–Crippen LogP) is 9.50. The minimum absolute atomic E-state index is 0.133. The molecule has 2 aliphatic carbocycles. The fourth-order valence-corrected chi connectivity index (χ4v) is 10.1. The van der Waals surface area contributed by atoms with Crippen molar-refractivity contribution in [1.29, 1.82) is 0 Å². The molecule has 4 aliphatic rings. The number of rotatable bonds is 12. The van der Waals surface area contributed by atoms with Crippen LogP contribution >= 0.6 is 0 Å². The van der Waals surface area contributed by atoms with Crippen LogP contribution in [0.5, 0.6) is 11.5 Å². The van der Waals surface area contributed by atoms with E-state index in [1.807, 2.05) is 0 Å². The fraction of sp³-hybridized carbons (Fsp3) is 0.667. The summed E-state index contributed by atoms with van der Waals surface area (Å²) >= 11 is 0. The smallest absolute Gasteiger partial charge is 0.192 e. The van der Waals surface area contributed by atoms with Crippen LogP contribution in [0.25, 0.3) is 0 Å². The highest BCUT2D eigenvalue weighted by Crippen LogP contribution is 2.55. The van der Waals surface area contributed by atoms with Crippen molar-refractivity contribution >= 4 is 19.9 Å². The predicted molar refractivity (Wildman–Crippen MR) is 199 cm³/mol. The minimum Gasteiger partial charge on any atom is -0.489 e. The molecule has 2 saturated carbocycles. The summed E-state index contributed by atoms with van der Waals surface area (Å²) < 4.78 is 19.6. The van der Waals surface area contributed by atoms with Crippen LogP contribution in [0.15, 0.2) is 36.4 Å². The number of aliphatic hydroxyl groups excluding tert-OH is 1. The number of carbonyl (C=O) groups excluding carboxylic acids is 2. The number of Topliss-reactive ketones (excluding diaryl/α,β-unsaturated/α-hetero) is 2. The Morgan fingerprint density at radius 2 is 1.27 bits per heavy atom. The van der Waals surface area contributed by atoms with E-state index < -0.39 is 8.32 Å². The maximum Gasteiger partial charge on any atom is 0.192 e. The average Bonchev–Trinajstić information content (AvgIpc) is 3.74. The molecular weight excluding hydrogens is 629 g/mol. The van der Waals surface area contributed by atoms with Crippen molar-refractivity contribution in [1.82, 2.24) is 0 Å². The maximum atomic E-state index is 11.3. The number of aryl methyl sites for hydroxylation is 2. The van der Waals surface area contributed by atoms with E-state index in [-0.39, 0.29) is 34.9 Å². The second kappa shape index (κ2) is 15.4. The number of ketones is 2. The van der Waals surface area contributed by atoms with Crippen molar-refractivity contribution in [2.24, 2.45) is 11.8 Å². The lowest BCUT2D eigenvalue weighted by Gasteiger charge is -2.40. The van der Waals surface area contributed by atoms with Crippen molar-refractivity contribution in [2.75, 3.05) is 0 Å². The van der Waals surface area contributed by atoms with Crippen LogP contribution in [-0.2, 0) is 26.9 Å². The van der Waals surface area contributed by atoms with Gasteiger partial charge in [0.15, 0.2) is 8.32 Å². The van der Waals surface area contributed by atoms with Gasteiger partial charge in [0.05, 0.1) is 12.2 Å². The van der Waals surface area contributed by atoms with E-state index in [0.717, 1.165) is 62.9 Å². The summed E-state index contributed by atoms with van der Waals surface area (Å²) in [6.45, 7) is 19.4. The van der Waals surface area contributed by atoms with Crippen molar-refractivity contribution in [3.63, 3.8) is 0 Å². The van der Waals surface area contributed by atoms with E-state index >= 15 is 0 Å². The van der Waals surface area contributed by atoms with Crippen LogP contribution in [-0.4, -0.2) is 49.4 Å². The van der Waals surface area contributed by atoms with E-state index in [1.54, 1.807) is 13.8 Å². The standard InChI is InChI=1S/C24H38O3Si.C18H24O3/c1-8-18-20(27-28(6,7)24(3,4)5)15-21-22(18)19-14-10-13-17(23(19)26-21)12-9-11-16(2)25;1-3-13-15(20)10-16-17(13)14-9-5-8-12(18(14)21-16)7-4-6-11(2)19/h10,13-14,18,20-22H,8-9,11-12,15H2,1-7H3;5,8-9,13,15-17,20H,3-4,6-7,10H2,1-2H3/t18-,20+,21-,22-;13-,15+,16-,17-/m00/s1. The van der Waals surface area contributed by atoms with Gasteiger partial charge in [0.2, 0.25) is 0 Å². The van der Waals surface area contributed by atoms with E-state index in [1.165, 1.54) is 22.3 Å². The monoisotopic (exact) mass is 690 g/mol. The molecule has 0 amide bonds. The van der Waals surface area contributed by atoms with Crippen molar-refractivity contribution in [2.45, 2.75) is 167 Å². The van der Waals surface area contributed by atoms with Crippen molar-refractivity contribution in [3.8, 4) is 11.5 Å². The molecule has 2 aliphatic heterocycles. The van der Waals surface area contributed by atoms with Crippen LogP contribution in [0.2, 0.25) is 18.1 Å². The zero-order valence-corrected chi connectivity index (χ0v) is 32.6. The molecule has 2 heterocycles. The van der Waals surface area contributed by atoms with Gasteiger partial charge >= 0.3 is 0 Å². The number of benzene rings is 2. The van der Waals surface area contributed by atoms with Gasteiger partial charge in [-0.1, -0.05) is 83.9 Å². The second-order valence-corrected chi connectivity index (χ2v) is 21.5. The molecule has 2 aromatic rings. The molecular formula is C42H62O6Si. The van der Waals surface area contributed by atoms with E-state index in [9.17, 15) is 14.7 Å². The molecule has 1 N–H and O–H groups in total. The normalized spacial score (nSPS) is 28.0. The van der Waals surface area contributed by atoms with Gasteiger partial charge in [0.1, 0.15) is 35.3 Å². The van der Waals surface area contributed by atoms with Crippen molar-refractivity contribution < 1.29 is 28.6 Å². The van der Waals surface area contributed by atoms with Gasteiger partial charge in [0, 0.05) is 48.6 Å². The Bertz CT molecular complexity index is 1480. The Labute approximate surface area is 296 Å². The summed E-state index contributed by atoms with van der Waals surface area (Å²) in [5, 5.41) is 10.4. The van der Waals surface area contributed by atoms with Crippen LogP contribution in [0.4, 0.5) is 0 Å². The lowest BCUT2D eigenvalue weighted by Crippen LogP contribution is -2.45. The molecule has 0 aromatic heterocycles. The number of para-hydroxylation sites is 2. The molecule has 0 spiro atoms. The lowest BCUT2D eigenvalue weighted by atomic mass is 9.85. The summed E-state index contributed by atoms with van der Waals surface area (Å²) in [6, 6.07) is 12.9. The quantitative estimate of drug-likeness (QED) is 0.224. The Balaban J connectivity index is 0.000000199. The second-order valence-electron chi connectivity index (χ2n) is 16.7. The van der Waals surface area contributed by atoms with Gasteiger partial charge in [-0.25, -0.2) is 0 Å². The number of hydrogen-bond donors (Lipinski definition) is 1. The largest absolute Gasteiger partial charge is 0.489 e. The van der Waals surface area contributed by atoms with E-state index in [0.29, 0.717) is 42.6 Å². The molecule has 0 saturated heterocycles. The summed E-state index contributed by atoms with van der Waals surface area (Å²) in [4.78, 5) is 22.4. The number of carbonyl (C=O) groups is 2. The number of aliphatic hydroxyl groups is 1. The third-order valence-corrected chi connectivity index (χ3v) is 16.8. The van der Waals surface area contributed by atoms with Gasteiger partial charge in [0.25, 0.3) is 0 Å². The van der Waals surface area contributed by atoms with Gasteiger partial charge in [-0.3, -0.25) is 0 Å². The first kappa shape index (κ1) is 37.8. The molecule has 8 atom stereocenters. The van der Waals surface area contributed by atoms with E-state index in [2.05, 4.69) is 84.1 Å². The molecule has 49 heavy (non-hydrogen) atoms. The highest BCUT2D eigenvalue weighted by Gasteiger charge is 2.53. The summed E-state index contributed by atoms with van der Waals surface area (Å²) in [6.07, 6.45) is 9.16. The minimum atomic E-state index is -1.79. The fourth-order valence-electron chi connectivity index (χ4n) is 8.74.